The summed E-state index contributed by atoms with van der Waals surface area (Å²) < 4.78 is 0. The van der Waals surface area contributed by atoms with Gasteiger partial charge in [-0.3, -0.25) is 0 Å². The summed E-state index contributed by atoms with van der Waals surface area (Å²) in [5.41, 5.74) is 12.2. The molecule has 1 saturated carbocycles. The molecule has 1 aliphatic carbocycles. The minimum atomic E-state index is 0.463. The Bertz CT molecular complexity index is 125. The van der Waals surface area contributed by atoms with E-state index >= 15 is 0 Å². The van der Waals surface area contributed by atoms with E-state index in [1.54, 1.807) is 0 Å². The molecule has 1 rings (SSSR count). The van der Waals surface area contributed by atoms with E-state index in [4.69, 9.17) is 11.5 Å². The van der Waals surface area contributed by atoms with Crippen LogP contribution in [-0.4, -0.2) is 12.1 Å². The summed E-state index contributed by atoms with van der Waals surface area (Å²) in [4.78, 5) is 0. The van der Waals surface area contributed by atoms with E-state index in [2.05, 4.69) is 0 Å². The SMILES string of the molecule is NC1CCCCCCC(N)CCCCCC1. The molecule has 0 bridgehead atoms. The number of nitrogens with two attached hydrogens (primary N) is 2. The summed E-state index contributed by atoms with van der Waals surface area (Å²) in [6.07, 6.45) is 15.6. The molecule has 0 spiro atoms. The quantitative estimate of drug-likeness (QED) is 0.665. The summed E-state index contributed by atoms with van der Waals surface area (Å²) in [5, 5.41) is 0. The van der Waals surface area contributed by atoms with Crippen molar-refractivity contribution in [1.82, 2.24) is 0 Å². The molecule has 0 aromatic carbocycles. The Morgan fingerprint density at radius 3 is 0.938 bits per heavy atom. The second-order valence-corrected chi connectivity index (χ2v) is 5.50. The van der Waals surface area contributed by atoms with Crippen molar-refractivity contribution in [1.29, 1.82) is 0 Å². The van der Waals surface area contributed by atoms with Crippen molar-refractivity contribution >= 4 is 0 Å². The molecule has 2 nitrogen and oxygen atoms in total. The first-order chi connectivity index (χ1) is 7.79. The van der Waals surface area contributed by atoms with Crippen LogP contribution in [0, 0.1) is 0 Å². The first-order valence-corrected chi connectivity index (χ1v) is 7.30. The molecule has 2 heteroatoms. The molecule has 0 aromatic heterocycles. The van der Waals surface area contributed by atoms with Crippen LogP contribution in [0.15, 0.2) is 0 Å². The zero-order valence-electron chi connectivity index (χ0n) is 10.8. The van der Waals surface area contributed by atoms with E-state index in [-0.39, 0.29) is 0 Å². The summed E-state index contributed by atoms with van der Waals surface area (Å²) >= 11 is 0. The summed E-state index contributed by atoms with van der Waals surface area (Å²) in [6.45, 7) is 0. The topological polar surface area (TPSA) is 52.0 Å². The molecule has 1 fully saturated rings. The fourth-order valence-electron chi connectivity index (χ4n) is 2.62. The van der Waals surface area contributed by atoms with Crippen LogP contribution >= 0.6 is 0 Å². The average molecular weight is 226 g/mol. The van der Waals surface area contributed by atoms with Gasteiger partial charge in [0.15, 0.2) is 0 Å². The van der Waals surface area contributed by atoms with Gasteiger partial charge in [0.2, 0.25) is 0 Å². The lowest BCUT2D eigenvalue weighted by atomic mass is 9.97. The Morgan fingerprint density at radius 1 is 0.438 bits per heavy atom. The highest BCUT2D eigenvalue weighted by Crippen LogP contribution is 2.15. The Labute approximate surface area is 101 Å². The first kappa shape index (κ1) is 14.0. The van der Waals surface area contributed by atoms with Crippen LogP contribution in [0.25, 0.3) is 0 Å². The van der Waals surface area contributed by atoms with Gasteiger partial charge in [-0.25, -0.2) is 0 Å². The fraction of sp³-hybridized carbons (Fsp3) is 1.00. The van der Waals surface area contributed by atoms with Crippen LogP contribution in [0.2, 0.25) is 0 Å². The number of hydrogen-bond acceptors (Lipinski definition) is 2. The van der Waals surface area contributed by atoms with Gasteiger partial charge in [-0.1, -0.05) is 51.4 Å². The lowest BCUT2D eigenvalue weighted by Crippen LogP contribution is -2.20. The number of rotatable bonds is 0. The average Bonchev–Trinajstić information content (AvgIpc) is 2.27. The zero-order chi connectivity index (χ0) is 11.6. The molecule has 0 aliphatic heterocycles. The fourth-order valence-corrected chi connectivity index (χ4v) is 2.62. The molecule has 0 atom stereocenters. The lowest BCUT2D eigenvalue weighted by molar-refractivity contribution is 0.448. The van der Waals surface area contributed by atoms with Gasteiger partial charge in [-0.2, -0.15) is 0 Å². The molecule has 0 aromatic rings. The number of hydrogen-bond donors (Lipinski definition) is 2. The van der Waals surface area contributed by atoms with Crippen molar-refractivity contribution in [3.63, 3.8) is 0 Å². The minimum Gasteiger partial charge on any atom is -0.328 e. The van der Waals surface area contributed by atoms with Gasteiger partial charge in [-0.15, -0.1) is 0 Å². The molecule has 0 radical (unpaired) electrons. The van der Waals surface area contributed by atoms with Gasteiger partial charge in [0, 0.05) is 12.1 Å². The lowest BCUT2D eigenvalue weighted by Gasteiger charge is -2.14. The summed E-state index contributed by atoms with van der Waals surface area (Å²) in [5.74, 6) is 0. The van der Waals surface area contributed by atoms with Crippen LogP contribution in [0.3, 0.4) is 0 Å². The second kappa shape index (κ2) is 9.00. The molecule has 96 valence electrons. The highest BCUT2D eigenvalue weighted by molar-refractivity contribution is 4.65. The third-order valence-electron chi connectivity index (χ3n) is 3.80. The second-order valence-electron chi connectivity index (χ2n) is 5.50. The highest BCUT2D eigenvalue weighted by Gasteiger charge is 2.06. The largest absolute Gasteiger partial charge is 0.328 e. The standard InChI is InChI=1S/C14H30N2/c15-13-9-5-1-2-6-10-14(16)12-8-4-3-7-11-13/h13-14H,1-12,15-16H2. The third-order valence-corrected chi connectivity index (χ3v) is 3.80. The van der Waals surface area contributed by atoms with Gasteiger partial charge in [0.25, 0.3) is 0 Å². The van der Waals surface area contributed by atoms with E-state index in [0.717, 1.165) is 0 Å². The summed E-state index contributed by atoms with van der Waals surface area (Å²) in [6, 6.07) is 0.926. The van der Waals surface area contributed by atoms with Crippen molar-refractivity contribution in [3.05, 3.63) is 0 Å². The molecule has 4 N–H and O–H groups in total. The first-order valence-electron chi connectivity index (χ1n) is 7.30. The maximum absolute atomic E-state index is 6.09. The molecular formula is C14H30N2. The summed E-state index contributed by atoms with van der Waals surface area (Å²) in [7, 11) is 0. The molecule has 1 aliphatic rings. The van der Waals surface area contributed by atoms with Crippen molar-refractivity contribution in [3.8, 4) is 0 Å². The van der Waals surface area contributed by atoms with Crippen LogP contribution < -0.4 is 11.5 Å². The van der Waals surface area contributed by atoms with E-state index in [9.17, 15) is 0 Å². The Morgan fingerprint density at radius 2 is 0.688 bits per heavy atom. The molecule has 0 amide bonds. The highest BCUT2D eigenvalue weighted by atomic mass is 14.6. The normalized spacial score (nSPS) is 31.9. The van der Waals surface area contributed by atoms with Gasteiger partial charge < -0.3 is 11.5 Å². The molecular weight excluding hydrogens is 196 g/mol. The Kier molecular flexibility index (Phi) is 7.87. The minimum absolute atomic E-state index is 0.463. The van der Waals surface area contributed by atoms with Crippen LogP contribution in [0.1, 0.15) is 77.0 Å². The van der Waals surface area contributed by atoms with Crippen molar-refractivity contribution < 1.29 is 0 Å². The predicted octanol–water partition coefficient (Wildman–Crippen LogP) is 3.34. The molecule has 0 unspecified atom stereocenters. The zero-order valence-corrected chi connectivity index (χ0v) is 10.8. The van der Waals surface area contributed by atoms with Crippen molar-refractivity contribution in [2.45, 2.75) is 89.1 Å². The monoisotopic (exact) mass is 226 g/mol. The van der Waals surface area contributed by atoms with E-state index < -0.39 is 0 Å². The Balaban J connectivity index is 2.18. The molecule has 16 heavy (non-hydrogen) atoms. The smallest absolute Gasteiger partial charge is 0.00388 e. The van der Waals surface area contributed by atoms with Gasteiger partial charge >= 0.3 is 0 Å². The van der Waals surface area contributed by atoms with Gasteiger partial charge in [-0.05, 0) is 25.7 Å². The van der Waals surface area contributed by atoms with E-state index in [1.165, 1.54) is 77.0 Å². The van der Waals surface area contributed by atoms with Gasteiger partial charge in [0.05, 0.1) is 0 Å². The predicted molar refractivity (Wildman–Crippen MR) is 71.4 cm³/mol. The van der Waals surface area contributed by atoms with Crippen LogP contribution in [0.4, 0.5) is 0 Å². The maximum atomic E-state index is 6.09. The van der Waals surface area contributed by atoms with Crippen molar-refractivity contribution in [2.75, 3.05) is 0 Å². The van der Waals surface area contributed by atoms with E-state index in [1.807, 2.05) is 0 Å². The van der Waals surface area contributed by atoms with E-state index in [0.29, 0.717) is 12.1 Å². The van der Waals surface area contributed by atoms with Crippen molar-refractivity contribution in [2.24, 2.45) is 11.5 Å². The Hall–Kier alpha value is -0.0800. The maximum Gasteiger partial charge on any atom is 0.00388 e. The third kappa shape index (κ3) is 7.24. The van der Waals surface area contributed by atoms with Crippen LogP contribution in [-0.2, 0) is 0 Å². The van der Waals surface area contributed by atoms with Crippen LogP contribution in [0.5, 0.6) is 0 Å². The van der Waals surface area contributed by atoms with Gasteiger partial charge in [0.1, 0.15) is 0 Å². The molecule has 0 saturated heterocycles. The molecule has 0 heterocycles.